The van der Waals surface area contributed by atoms with Gasteiger partial charge >= 0.3 is 0 Å². The molecule has 0 fully saturated rings. The first-order chi connectivity index (χ1) is 9.19. The van der Waals surface area contributed by atoms with Crippen molar-refractivity contribution in [3.05, 3.63) is 47.8 Å². The summed E-state index contributed by atoms with van der Waals surface area (Å²) in [7, 11) is 0. The molecule has 0 amide bonds. The Morgan fingerprint density at radius 1 is 1.21 bits per heavy atom. The van der Waals surface area contributed by atoms with Gasteiger partial charge in [0, 0.05) is 17.7 Å². The van der Waals surface area contributed by atoms with Crippen LogP contribution in [0.3, 0.4) is 0 Å². The summed E-state index contributed by atoms with van der Waals surface area (Å²) in [6.07, 6.45) is 0. The van der Waals surface area contributed by atoms with Gasteiger partial charge in [-0.25, -0.2) is 15.8 Å². The van der Waals surface area contributed by atoms with Gasteiger partial charge in [0.2, 0.25) is 0 Å². The van der Waals surface area contributed by atoms with E-state index in [-0.39, 0.29) is 5.92 Å². The van der Waals surface area contributed by atoms with Crippen molar-refractivity contribution in [3.8, 4) is 0 Å². The van der Waals surface area contributed by atoms with Crippen molar-refractivity contribution in [3.63, 3.8) is 0 Å². The van der Waals surface area contributed by atoms with Crippen LogP contribution in [-0.4, -0.2) is 9.97 Å². The van der Waals surface area contributed by atoms with Gasteiger partial charge in [0.1, 0.15) is 16.7 Å². The van der Waals surface area contributed by atoms with Gasteiger partial charge in [0.25, 0.3) is 0 Å². The van der Waals surface area contributed by atoms with E-state index < -0.39 is 0 Å². The topological polar surface area (TPSA) is 63.8 Å². The fourth-order valence-corrected chi connectivity index (χ4v) is 2.44. The lowest BCUT2D eigenvalue weighted by Gasteiger charge is -2.09. The second kappa shape index (κ2) is 6.54. The number of nitrogen functional groups attached to an aromatic ring is 1. The maximum atomic E-state index is 5.45. The summed E-state index contributed by atoms with van der Waals surface area (Å²) in [4.78, 5) is 8.90. The maximum absolute atomic E-state index is 5.45. The monoisotopic (exact) mass is 274 g/mol. The number of hydrogen-bond acceptors (Lipinski definition) is 5. The van der Waals surface area contributed by atoms with E-state index in [4.69, 9.17) is 5.84 Å². The molecule has 0 unspecified atom stereocenters. The molecule has 4 nitrogen and oxygen atoms in total. The van der Waals surface area contributed by atoms with Crippen LogP contribution in [-0.2, 0) is 5.75 Å². The van der Waals surface area contributed by atoms with Crippen molar-refractivity contribution >= 4 is 17.6 Å². The van der Waals surface area contributed by atoms with Gasteiger partial charge in [-0.3, -0.25) is 0 Å². The zero-order valence-electron chi connectivity index (χ0n) is 11.1. The van der Waals surface area contributed by atoms with Gasteiger partial charge in [-0.05, 0) is 5.56 Å². The minimum Gasteiger partial charge on any atom is -0.308 e. The average molecular weight is 274 g/mol. The van der Waals surface area contributed by atoms with Crippen LogP contribution in [0.4, 0.5) is 5.82 Å². The standard InChI is InChI=1S/C14H18N4S/c1-10(2)14-16-12(18-15)8-13(17-14)19-9-11-6-4-3-5-7-11/h3-8,10H,9,15H2,1-2H3,(H,16,17,18). The number of rotatable bonds is 5. The van der Waals surface area contributed by atoms with Crippen molar-refractivity contribution in [1.29, 1.82) is 0 Å². The second-order valence-electron chi connectivity index (χ2n) is 4.52. The van der Waals surface area contributed by atoms with Gasteiger partial charge < -0.3 is 5.43 Å². The van der Waals surface area contributed by atoms with E-state index in [1.807, 2.05) is 24.3 Å². The van der Waals surface area contributed by atoms with Gasteiger partial charge in [0.05, 0.1) is 0 Å². The third kappa shape index (κ3) is 3.94. The molecule has 0 radical (unpaired) electrons. The minimum atomic E-state index is 0.282. The number of benzene rings is 1. The smallest absolute Gasteiger partial charge is 0.144 e. The third-order valence-corrected chi connectivity index (χ3v) is 3.60. The Labute approximate surface area is 117 Å². The number of nitrogens with one attached hydrogen (secondary N) is 1. The van der Waals surface area contributed by atoms with Gasteiger partial charge in [-0.1, -0.05) is 44.2 Å². The Hall–Kier alpha value is -1.59. The number of anilines is 1. The van der Waals surface area contributed by atoms with E-state index in [0.717, 1.165) is 16.6 Å². The molecule has 1 aromatic carbocycles. The maximum Gasteiger partial charge on any atom is 0.144 e. The van der Waals surface area contributed by atoms with E-state index in [0.29, 0.717) is 5.82 Å². The van der Waals surface area contributed by atoms with Crippen LogP contribution in [0.25, 0.3) is 0 Å². The van der Waals surface area contributed by atoms with Crippen molar-refractivity contribution in [2.45, 2.75) is 30.5 Å². The molecule has 0 spiro atoms. The number of nitrogens with zero attached hydrogens (tertiary/aromatic N) is 2. The summed E-state index contributed by atoms with van der Waals surface area (Å²) in [5, 5.41) is 0.940. The van der Waals surface area contributed by atoms with Crippen LogP contribution in [0.1, 0.15) is 31.2 Å². The Morgan fingerprint density at radius 2 is 1.95 bits per heavy atom. The summed E-state index contributed by atoms with van der Waals surface area (Å²) in [5.74, 6) is 8.09. The predicted molar refractivity (Wildman–Crippen MR) is 79.9 cm³/mol. The molecule has 1 heterocycles. The highest BCUT2D eigenvalue weighted by Gasteiger charge is 2.08. The number of thioether (sulfide) groups is 1. The SMILES string of the molecule is CC(C)c1nc(NN)cc(SCc2ccccc2)n1. The molecule has 0 aliphatic rings. The van der Waals surface area contributed by atoms with Crippen LogP contribution in [0.2, 0.25) is 0 Å². The molecule has 0 aliphatic carbocycles. The molecule has 0 aliphatic heterocycles. The predicted octanol–water partition coefficient (Wildman–Crippen LogP) is 3.18. The van der Waals surface area contributed by atoms with Crippen molar-refractivity contribution in [2.75, 3.05) is 5.43 Å². The van der Waals surface area contributed by atoms with Crippen molar-refractivity contribution < 1.29 is 0 Å². The molecule has 1 aromatic heterocycles. The lowest BCUT2D eigenvalue weighted by atomic mass is 10.2. The summed E-state index contributed by atoms with van der Waals surface area (Å²) in [6, 6.07) is 12.2. The highest BCUT2D eigenvalue weighted by atomic mass is 32.2. The summed E-state index contributed by atoms with van der Waals surface area (Å²) < 4.78 is 0. The first kappa shape index (κ1) is 13.8. The molecule has 19 heavy (non-hydrogen) atoms. The molecule has 0 saturated heterocycles. The number of hydrazine groups is 1. The highest BCUT2D eigenvalue weighted by molar-refractivity contribution is 7.98. The number of hydrogen-bond donors (Lipinski definition) is 2. The van der Waals surface area contributed by atoms with E-state index >= 15 is 0 Å². The van der Waals surface area contributed by atoms with E-state index in [1.54, 1.807) is 11.8 Å². The van der Waals surface area contributed by atoms with Crippen LogP contribution < -0.4 is 11.3 Å². The van der Waals surface area contributed by atoms with Crippen molar-refractivity contribution in [2.24, 2.45) is 5.84 Å². The zero-order valence-corrected chi connectivity index (χ0v) is 11.9. The highest BCUT2D eigenvalue weighted by Crippen LogP contribution is 2.24. The molecule has 2 aromatic rings. The van der Waals surface area contributed by atoms with Gasteiger partial charge in [-0.2, -0.15) is 0 Å². The lowest BCUT2D eigenvalue weighted by molar-refractivity contribution is 0.754. The zero-order chi connectivity index (χ0) is 13.7. The Balaban J connectivity index is 2.13. The molecule has 5 heteroatoms. The number of aromatic nitrogens is 2. The molecular formula is C14H18N4S. The van der Waals surface area contributed by atoms with E-state index in [9.17, 15) is 0 Å². The van der Waals surface area contributed by atoms with Gasteiger partial charge in [0.15, 0.2) is 0 Å². The first-order valence-corrected chi connectivity index (χ1v) is 7.20. The fourth-order valence-electron chi connectivity index (χ4n) is 1.58. The minimum absolute atomic E-state index is 0.282. The van der Waals surface area contributed by atoms with Crippen LogP contribution >= 0.6 is 11.8 Å². The van der Waals surface area contributed by atoms with Crippen LogP contribution in [0.15, 0.2) is 41.4 Å². The molecule has 100 valence electrons. The average Bonchev–Trinajstić information content (AvgIpc) is 2.45. The molecular weight excluding hydrogens is 256 g/mol. The second-order valence-corrected chi connectivity index (χ2v) is 5.52. The largest absolute Gasteiger partial charge is 0.308 e. The quantitative estimate of drug-likeness (QED) is 0.379. The Bertz CT molecular complexity index is 528. The molecule has 0 saturated carbocycles. The van der Waals surface area contributed by atoms with Gasteiger partial charge in [-0.15, -0.1) is 11.8 Å². The van der Waals surface area contributed by atoms with Crippen LogP contribution in [0.5, 0.6) is 0 Å². The molecule has 0 atom stereocenters. The van der Waals surface area contributed by atoms with Crippen LogP contribution in [0, 0.1) is 0 Å². The van der Waals surface area contributed by atoms with E-state index in [1.165, 1.54) is 5.56 Å². The first-order valence-electron chi connectivity index (χ1n) is 6.21. The summed E-state index contributed by atoms with van der Waals surface area (Å²) >= 11 is 1.69. The fraction of sp³-hybridized carbons (Fsp3) is 0.286. The summed E-state index contributed by atoms with van der Waals surface area (Å²) in [5.41, 5.74) is 3.87. The van der Waals surface area contributed by atoms with Crippen molar-refractivity contribution in [1.82, 2.24) is 9.97 Å². The number of nitrogens with two attached hydrogens (primary N) is 1. The lowest BCUT2D eigenvalue weighted by Crippen LogP contribution is -2.11. The normalized spacial score (nSPS) is 10.7. The molecule has 3 N–H and O–H groups in total. The Morgan fingerprint density at radius 3 is 2.58 bits per heavy atom. The third-order valence-electron chi connectivity index (χ3n) is 2.61. The Kier molecular flexibility index (Phi) is 4.76. The molecule has 2 rings (SSSR count). The molecule has 0 bridgehead atoms. The van der Waals surface area contributed by atoms with E-state index in [2.05, 4.69) is 41.4 Å². The summed E-state index contributed by atoms with van der Waals surface area (Å²) in [6.45, 7) is 4.14.